The van der Waals surface area contributed by atoms with Gasteiger partial charge in [-0.3, -0.25) is 4.79 Å². The van der Waals surface area contributed by atoms with Crippen molar-refractivity contribution in [2.45, 2.75) is 20.0 Å². The molecule has 0 aliphatic heterocycles. The molecule has 6 heteroatoms. The predicted octanol–water partition coefficient (Wildman–Crippen LogP) is 4.31. The third-order valence-corrected chi connectivity index (χ3v) is 3.92. The molecule has 0 N–H and O–H groups in total. The minimum Gasteiger partial charge on any atom is -0.494 e. The molecule has 0 atom stereocenters. The summed E-state index contributed by atoms with van der Waals surface area (Å²) in [6, 6.07) is 10.9. The van der Waals surface area contributed by atoms with Gasteiger partial charge >= 0.3 is 5.97 Å². The van der Waals surface area contributed by atoms with Crippen LogP contribution in [0.1, 0.15) is 18.2 Å². The summed E-state index contributed by atoms with van der Waals surface area (Å²) < 4.78 is 16.7. The molecule has 0 unspecified atom stereocenters. The van der Waals surface area contributed by atoms with E-state index in [4.69, 9.17) is 25.8 Å². The molecule has 4 nitrogen and oxygen atoms in total. The Balaban J connectivity index is 1.66. The van der Waals surface area contributed by atoms with Crippen LogP contribution in [-0.2, 0) is 16.1 Å². The van der Waals surface area contributed by atoms with Crippen LogP contribution in [0.25, 0.3) is 0 Å². The average Bonchev–Trinajstić information content (AvgIpc) is 2.93. The molecule has 118 valence electrons. The molecule has 1 aromatic carbocycles. The summed E-state index contributed by atoms with van der Waals surface area (Å²) in [5, 5.41) is 0. The first-order chi connectivity index (χ1) is 10.7. The van der Waals surface area contributed by atoms with Crippen molar-refractivity contribution in [3.8, 4) is 11.5 Å². The monoisotopic (exact) mass is 340 g/mol. The standard InChI is InChI=1S/C16H17ClO4S/c1-2-19-12-3-5-13(6-4-12)20-10-9-16(18)21-11-14-7-8-15(17)22-14/h3-8H,2,9-11H2,1H3. The Morgan fingerprint density at radius 3 is 2.36 bits per heavy atom. The Morgan fingerprint density at radius 2 is 1.77 bits per heavy atom. The van der Waals surface area contributed by atoms with Gasteiger partial charge in [-0.2, -0.15) is 0 Å². The SMILES string of the molecule is CCOc1ccc(OCCC(=O)OCc2ccc(Cl)s2)cc1. The van der Waals surface area contributed by atoms with Crippen LogP contribution in [0.15, 0.2) is 36.4 Å². The fraction of sp³-hybridized carbons (Fsp3) is 0.312. The first-order valence-corrected chi connectivity index (χ1v) is 8.12. The molecule has 0 saturated carbocycles. The molecule has 2 aromatic rings. The largest absolute Gasteiger partial charge is 0.494 e. The number of esters is 1. The van der Waals surface area contributed by atoms with E-state index in [1.165, 1.54) is 11.3 Å². The number of halogens is 1. The lowest BCUT2D eigenvalue weighted by atomic mass is 10.3. The number of hydrogen-bond acceptors (Lipinski definition) is 5. The maximum absolute atomic E-state index is 11.6. The number of ether oxygens (including phenoxy) is 3. The molecule has 1 heterocycles. The Bertz CT molecular complexity index is 594. The van der Waals surface area contributed by atoms with Gasteiger partial charge in [0.2, 0.25) is 0 Å². The lowest BCUT2D eigenvalue weighted by Crippen LogP contribution is -2.09. The molecule has 0 spiro atoms. The summed E-state index contributed by atoms with van der Waals surface area (Å²) in [4.78, 5) is 12.5. The molecule has 0 aliphatic carbocycles. The fourth-order valence-corrected chi connectivity index (χ4v) is 2.70. The van der Waals surface area contributed by atoms with E-state index in [2.05, 4.69) is 0 Å². The third kappa shape index (κ3) is 5.58. The van der Waals surface area contributed by atoms with Crippen LogP contribution in [0.5, 0.6) is 11.5 Å². The van der Waals surface area contributed by atoms with Gasteiger partial charge in [-0.05, 0) is 43.3 Å². The Labute approximate surface area is 138 Å². The average molecular weight is 341 g/mol. The predicted molar refractivity (Wildman–Crippen MR) is 86.8 cm³/mol. The Kier molecular flexibility index (Phi) is 6.55. The van der Waals surface area contributed by atoms with E-state index in [0.29, 0.717) is 16.7 Å². The second kappa shape index (κ2) is 8.66. The molecule has 2 rings (SSSR count). The zero-order valence-electron chi connectivity index (χ0n) is 12.2. The van der Waals surface area contributed by atoms with Gasteiger partial charge < -0.3 is 14.2 Å². The van der Waals surface area contributed by atoms with Crippen molar-refractivity contribution in [3.05, 3.63) is 45.6 Å². The summed E-state index contributed by atoms with van der Waals surface area (Å²) in [5.41, 5.74) is 0. The van der Waals surface area contributed by atoms with Crippen molar-refractivity contribution in [1.82, 2.24) is 0 Å². The number of rotatable bonds is 8. The van der Waals surface area contributed by atoms with Crippen molar-refractivity contribution >= 4 is 28.9 Å². The zero-order valence-corrected chi connectivity index (χ0v) is 13.8. The highest BCUT2D eigenvalue weighted by Crippen LogP contribution is 2.22. The second-order valence-electron chi connectivity index (χ2n) is 4.37. The van der Waals surface area contributed by atoms with Crippen LogP contribution in [0.4, 0.5) is 0 Å². The summed E-state index contributed by atoms with van der Waals surface area (Å²) in [5.74, 6) is 1.20. The van der Waals surface area contributed by atoms with Crippen LogP contribution in [0, 0.1) is 0 Å². The van der Waals surface area contributed by atoms with Gasteiger partial charge in [-0.25, -0.2) is 0 Å². The van der Waals surface area contributed by atoms with Gasteiger partial charge in [0.1, 0.15) is 18.1 Å². The highest BCUT2D eigenvalue weighted by molar-refractivity contribution is 7.16. The van der Waals surface area contributed by atoms with Crippen LogP contribution >= 0.6 is 22.9 Å². The van der Waals surface area contributed by atoms with Gasteiger partial charge in [-0.15, -0.1) is 11.3 Å². The summed E-state index contributed by atoms with van der Waals surface area (Å²) in [7, 11) is 0. The van der Waals surface area contributed by atoms with Crippen LogP contribution < -0.4 is 9.47 Å². The van der Waals surface area contributed by atoms with E-state index in [9.17, 15) is 4.79 Å². The van der Waals surface area contributed by atoms with Gasteiger partial charge in [0.15, 0.2) is 0 Å². The van der Waals surface area contributed by atoms with Crippen molar-refractivity contribution in [1.29, 1.82) is 0 Å². The van der Waals surface area contributed by atoms with Gasteiger partial charge in [0, 0.05) is 4.88 Å². The van der Waals surface area contributed by atoms with Crippen LogP contribution in [0.2, 0.25) is 4.34 Å². The quantitative estimate of drug-likeness (QED) is 0.671. The topological polar surface area (TPSA) is 44.8 Å². The first-order valence-electron chi connectivity index (χ1n) is 6.93. The first kappa shape index (κ1) is 16.6. The molecule has 0 saturated heterocycles. The lowest BCUT2D eigenvalue weighted by molar-refractivity contribution is -0.145. The Morgan fingerprint density at radius 1 is 1.09 bits per heavy atom. The van der Waals surface area contributed by atoms with Crippen molar-refractivity contribution < 1.29 is 19.0 Å². The number of carbonyl (C=O) groups is 1. The summed E-state index contributed by atoms with van der Waals surface area (Å²) in [6.45, 7) is 3.08. The number of thiophene rings is 1. The summed E-state index contributed by atoms with van der Waals surface area (Å²) in [6.07, 6.45) is 0.201. The molecule has 0 aliphatic rings. The number of hydrogen-bond donors (Lipinski definition) is 0. The number of carbonyl (C=O) groups excluding carboxylic acids is 1. The van der Waals surface area contributed by atoms with Crippen LogP contribution in [0.3, 0.4) is 0 Å². The summed E-state index contributed by atoms with van der Waals surface area (Å²) >= 11 is 7.21. The molecule has 0 radical (unpaired) electrons. The highest BCUT2D eigenvalue weighted by Gasteiger charge is 2.06. The van der Waals surface area contributed by atoms with E-state index < -0.39 is 0 Å². The highest BCUT2D eigenvalue weighted by atomic mass is 35.5. The molecule has 1 aromatic heterocycles. The van der Waals surface area contributed by atoms with Crippen LogP contribution in [-0.4, -0.2) is 19.2 Å². The minimum absolute atomic E-state index is 0.201. The zero-order chi connectivity index (χ0) is 15.8. The van der Waals surface area contributed by atoms with Crippen molar-refractivity contribution in [2.75, 3.05) is 13.2 Å². The van der Waals surface area contributed by atoms with Gasteiger partial charge in [0.05, 0.1) is 24.0 Å². The van der Waals surface area contributed by atoms with Gasteiger partial charge in [-0.1, -0.05) is 11.6 Å². The van der Waals surface area contributed by atoms with E-state index in [0.717, 1.165) is 10.6 Å². The molecule has 0 bridgehead atoms. The van der Waals surface area contributed by atoms with E-state index in [1.807, 2.05) is 37.3 Å². The minimum atomic E-state index is -0.296. The van der Waals surface area contributed by atoms with E-state index >= 15 is 0 Å². The van der Waals surface area contributed by atoms with E-state index in [1.54, 1.807) is 6.07 Å². The molecular formula is C16H17ClO4S. The van der Waals surface area contributed by atoms with Gasteiger partial charge in [0.25, 0.3) is 0 Å². The van der Waals surface area contributed by atoms with Crippen molar-refractivity contribution in [2.24, 2.45) is 0 Å². The molecule has 22 heavy (non-hydrogen) atoms. The maximum Gasteiger partial charge on any atom is 0.309 e. The maximum atomic E-state index is 11.6. The third-order valence-electron chi connectivity index (χ3n) is 2.71. The lowest BCUT2D eigenvalue weighted by Gasteiger charge is -2.07. The molecular weight excluding hydrogens is 324 g/mol. The smallest absolute Gasteiger partial charge is 0.309 e. The molecule has 0 amide bonds. The number of benzene rings is 1. The van der Waals surface area contributed by atoms with E-state index in [-0.39, 0.29) is 25.6 Å². The molecule has 0 fully saturated rings. The fourth-order valence-electron chi connectivity index (χ4n) is 1.70. The van der Waals surface area contributed by atoms with Crippen molar-refractivity contribution in [3.63, 3.8) is 0 Å². The Hall–Kier alpha value is -1.72. The normalized spacial score (nSPS) is 10.3. The second-order valence-corrected chi connectivity index (χ2v) is 6.17.